The zero-order valence-electron chi connectivity index (χ0n) is 17.2. The number of pyridine rings is 1. The number of aromatic nitrogens is 2. The van der Waals surface area contributed by atoms with Gasteiger partial charge in [-0.1, -0.05) is 6.92 Å². The van der Waals surface area contributed by atoms with Gasteiger partial charge < -0.3 is 20.2 Å². The van der Waals surface area contributed by atoms with Crippen molar-refractivity contribution in [2.24, 2.45) is 0 Å². The number of H-pyrrole nitrogens is 2. The molecule has 0 bridgehead atoms. The van der Waals surface area contributed by atoms with Crippen molar-refractivity contribution < 1.29 is 23.4 Å². The van der Waals surface area contributed by atoms with E-state index < -0.39 is 16.0 Å². The third-order valence-electron chi connectivity index (χ3n) is 4.47. The molecule has 30 heavy (non-hydrogen) atoms. The number of carboxylic acids is 1. The summed E-state index contributed by atoms with van der Waals surface area (Å²) < 4.78 is 27.0. The molecule has 0 saturated carbocycles. The van der Waals surface area contributed by atoms with E-state index in [1.807, 2.05) is 6.92 Å². The van der Waals surface area contributed by atoms with Gasteiger partial charge in [-0.05, 0) is 44.5 Å². The van der Waals surface area contributed by atoms with Crippen molar-refractivity contribution >= 4 is 37.8 Å². The van der Waals surface area contributed by atoms with Gasteiger partial charge in [0.15, 0.2) is 0 Å². The Morgan fingerprint density at radius 1 is 1.20 bits per heavy atom. The molecule has 0 spiro atoms. The Morgan fingerprint density at radius 3 is 2.43 bits per heavy atom. The van der Waals surface area contributed by atoms with Crippen LogP contribution in [0.25, 0.3) is 21.8 Å². The Hall–Kier alpha value is -2.69. The lowest BCUT2D eigenvalue weighted by molar-refractivity contribution is -0.137. The van der Waals surface area contributed by atoms with E-state index in [2.05, 4.69) is 9.97 Å². The van der Waals surface area contributed by atoms with Crippen LogP contribution in [0, 0.1) is 0 Å². The smallest absolute Gasteiger partial charge is 0.303 e. The fourth-order valence-electron chi connectivity index (χ4n) is 3.09. The lowest BCUT2D eigenvalue weighted by Crippen LogP contribution is -2.38. The molecule has 0 radical (unpaired) electrons. The zero-order chi connectivity index (χ0) is 22.5. The summed E-state index contributed by atoms with van der Waals surface area (Å²) in [4.78, 5) is 27.3. The van der Waals surface area contributed by atoms with Crippen molar-refractivity contribution in [2.45, 2.75) is 44.6 Å². The number of aliphatic carboxylic acids is 1. The number of benzene rings is 1. The maximum Gasteiger partial charge on any atom is 0.303 e. The third-order valence-corrected chi connectivity index (χ3v) is 6.54. The molecule has 10 heteroatoms. The van der Waals surface area contributed by atoms with E-state index in [1.54, 1.807) is 38.2 Å². The minimum atomic E-state index is -3.74. The quantitative estimate of drug-likeness (QED) is 0.446. The zero-order valence-corrected chi connectivity index (χ0v) is 18.0. The van der Waals surface area contributed by atoms with Gasteiger partial charge in [-0.25, -0.2) is 8.42 Å². The second-order valence-electron chi connectivity index (χ2n) is 7.00. The molecule has 0 amide bonds. The summed E-state index contributed by atoms with van der Waals surface area (Å²) in [6.07, 6.45) is 2.67. The van der Waals surface area contributed by atoms with Crippen LogP contribution in [0.15, 0.2) is 40.2 Å². The Kier molecular flexibility index (Phi) is 7.77. The number of aliphatic hydroxyl groups excluding tert-OH is 1. The molecule has 4 N–H and O–H groups in total. The standard InChI is InChI=1S/C16H19N3O4S.C4H8O2/c1-10(2)19(7-8-20)24(22,23)11-3-4-14-13(9-11)12-5-6-17-15(12)16(21)18-14;1-2-3-4(5)6/h3-6,9-10,17,20H,7-8H2,1-2H3,(H,18,21);2-3H2,1H3,(H,5,6). The van der Waals surface area contributed by atoms with Crippen molar-refractivity contribution in [3.8, 4) is 0 Å². The molecular weight excluding hydrogens is 410 g/mol. The Morgan fingerprint density at radius 2 is 1.90 bits per heavy atom. The molecule has 1 aromatic carbocycles. The molecule has 3 rings (SSSR count). The van der Waals surface area contributed by atoms with Crippen molar-refractivity contribution in [3.05, 3.63) is 40.8 Å². The van der Waals surface area contributed by atoms with E-state index in [0.717, 1.165) is 6.42 Å². The molecule has 0 aliphatic carbocycles. The monoisotopic (exact) mass is 437 g/mol. The van der Waals surface area contributed by atoms with Crippen LogP contribution < -0.4 is 5.56 Å². The summed E-state index contributed by atoms with van der Waals surface area (Å²) in [6, 6.07) is 6.09. The van der Waals surface area contributed by atoms with Gasteiger partial charge in [0.1, 0.15) is 5.52 Å². The van der Waals surface area contributed by atoms with Gasteiger partial charge in [0.25, 0.3) is 5.56 Å². The molecular formula is C20H27N3O6S. The second-order valence-corrected chi connectivity index (χ2v) is 8.90. The topological polar surface area (TPSA) is 144 Å². The summed E-state index contributed by atoms with van der Waals surface area (Å²) in [5.74, 6) is -0.711. The molecule has 0 fully saturated rings. The average molecular weight is 438 g/mol. The molecule has 0 aliphatic rings. The van der Waals surface area contributed by atoms with Crippen LogP contribution in [-0.2, 0) is 14.8 Å². The highest BCUT2D eigenvalue weighted by molar-refractivity contribution is 7.89. The van der Waals surface area contributed by atoms with Gasteiger partial charge in [-0.3, -0.25) is 9.59 Å². The maximum absolute atomic E-state index is 12.9. The third kappa shape index (κ3) is 5.07. The Labute approximate surface area is 174 Å². The molecule has 0 unspecified atom stereocenters. The predicted molar refractivity (Wildman–Crippen MR) is 115 cm³/mol. The summed E-state index contributed by atoms with van der Waals surface area (Å²) in [6.45, 7) is 5.14. The molecule has 9 nitrogen and oxygen atoms in total. The summed E-state index contributed by atoms with van der Waals surface area (Å²) in [7, 11) is -3.74. The minimum absolute atomic E-state index is 0.0310. The van der Waals surface area contributed by atoms with Crippen LogP contribution >= 0.6 is 0 Å². The van der Waals surface area contributed by atoms with Crippen molar-refractivity contribution in [1.82, 2.24) is 14.3 Å². The number of aliphatic hydroxyl groups is 1. The van der Waals surface area contributed by atoms with E-state index >= 15 is 0 Å². The Balaban J connectivity index is 0.000000469. The number of carbonyl (C=O) groups is 1. The first-order valence-corrected chi connectivity index (χ1v) is 11.0. The van der Waals surface area contributed by atoms with E-state index in [1.165, 1.54) is 10.4 Å². The van der Waals surface area contributed by atoms with Crippen LogP contribution in [0.4, 0.5) is 0 Å². The number of fused-ring (bicyclic) bond motifs is 3. The Bertz CT molecular complexity index is 1180. The van der Waals surface area contributed by atoms with E-state index in [9.17, 15) is 18.0 Å². The molecule has 2 heterocycles. The first-order valence-electron chi connectivity index (χ1n) is 9.61. The van der Waals surface area contributed by atoms with Crippen molar-refractivity contribution in [1.29, 1.82) is 0 Å². The van der Waals surface area contributed by atoms with Gasteiger partial charge in [0, 0.05) is 41.5 Å². The van der Waals surface area contributed by atoms with Crippen LogP contribution in [0.3, 0.4) is 0 Å². The molecule has 164 valence electrons. The molecule has 0 aliphatic heterocycles. The number of rotatable bonds is 7. The SMILES string of the molecule is CC(C)N(CCO)S(=O)(=O)c1ccc2[nH]c(=O)c3[nH]ccc3c2c1.CCCC(=O)O. The van der Waals surface area contributed by atoms with Gasteiger partial charge >= 0.3 is 5.97 Å². The maximum atomic E-state index is 12.9. The largest absolute Gasteiger partial charge is 0.481 e. The lowest BCUT2D eigenvalue weighted by Gasteiger charge is -2.25. The highest BCUT2D eigenvalue weighted by atomic mass is 32.2. The van der Waals surface area contributed by atoms with E-state index in [0.29, 0.717) is 28.2 Å². The van der Waals surface area contributed by atoms with Crippen LogP contribution in [0.2, 0.25) is 0 Å². The molecule has 0 saturated heterocycles. The van der Waals surface area contributed by atoms with Crippen LogP contribution in [0.1, 0.15) is 33.6 Å². The minimum Gasteiger partial charge on any atom is -0.481 e. The number of carboxylic acid groups (broad SMARTS) is 1. The number of nitrogens with one attached hydrogen (secondary N) is 2. The second kappa shape index (κ2) is 9.88. The first kappa shape index (κ1) is 23.6. The molecule has 0 atom stereocenters. The van der Waals surface area contributed by atoms with Crippen molar-refractivity contribution in [2.75, 3.05) is 13.2 Å². The van der Waals surface area contributed by atoms with E-state index in [-0.39, 0.29) is 29.6 Å². The first-order chi connectivity index (χ1) is 14.1. The summed E-state index contributed by atoms with van der Waals surface area (Å²) >= 11 is 0. The fourth-order valence-corrected chi connectivity index (χ4v) is 4.74. The predicted octanol–water partition coefficient (Wildman–Crippen LogP) is 2.27. The van der Waals surface area contributed by atoms with Gasteiger partial charge in [0.05, 0.1) is 11.5 Å². The average Bonchev–Trinajstić information content (AvgIpc) is 3.16. The number of sulfonamides is 1. The van der Waals surface area contributed by atoms with Gasteiger partial charge in [-0.15, -0.1) is 0 Å². The number of aromatic amines is 2. The highest BCUT2D eigenvalue weighted by Crippen LogP contribution is 2.26. The van der Waals surface area contributed by atoms with E-state index in [4.69, 9.17) is 10.2 Å². The number of nitrogens with zero attached hydrogens (tertiary/aromatic N) is 1. The molecule has 2 aromatic heterocycles. The van der Waals surface area contributed by atoms with Gasteiger partial charge in [-0.2, -0.15) is 4.31 Å². The normalized spacial score (nSPS) is 11.8. The van der Waals surface area contributed by atoms with Gasteiger partial charge in [0.2, 0.25) is 10.0 Å². The number of hydrogen-bond acceptors (Lipinski definition) is 5. The lowest BCUT2D eigenvalue weighted by atomic mass is 10.1. The highest BCUT2D eigenvalue weighted by Gasteiger charge is 2.27. The fraction of sp³-hybridized carbons (Fsp3) is 0.400. The van der Waals surface area contributed by atoms with Crippen molar-refractivity contribution in [3.63, 3.8) is 0 Å². The number of hydrogen-bond donors (Lipinski definition) is 4. The van der Waals surface area contributed by atoms with Crippen LogP contribution in [0.5, 0.6) is 0 Å². The van der Waals surface area contributed by atoms with Crippen LogP contribution in [-0.4, -0.2) is 58.1 Å². The summed E-state index contributed by atoms with van der Waals surface area (Å²) in [5, 5.41) is 18.4. The molecule has 3 aromatic rings. The summed E-state index contributed by atoms with van der Waals surface area (Å²) in [5.41, 5.74) is 0.736.